The standard InChI is InChI=1S/C12H21NO/c1-11(2,3)9-7-8-10(14)12(4,5)13-6/h13H,8H2,1-6H3. The lowest BCUT2D eigenvalue weighted by atomic mass is 9.95. The summed E-state index contributed by atoms with van der Waals surface area (Å²) in [6.07, 6.45) is 0.325. The Morgan fingerprint density at radius 2 is 1.71 bits per heavy atom. The number of rotatable bonds is 3. The summed E-state index contributed by atoms with van der Waals surface area (Å²) >= 11 is 0. The smallest absolute Gasteiger partial charge is 0.164 e. The first-order valence-corrected chi connectivity index (χ1v) is 4.91. The van der Waals surface area contributed by atoms with Gasteiger partial charge in [0.05, 0.1) is 12.0 Å². The molecule has 80 valence electrons. The molecule has 0 rings (SSSR count). The van der Waals surface area contributed by atoms with E-state index in [1.807, 2.05) is 34.6 Å². The minimum atomic E-state index is -0.466. The number of hydrogen-bond acceptors (Lipinski definition) is 2. The van der Waals surface area contributed by atoms with Crippen LogP contribution in [0.5, 0.6) is 0 Å². The van der Waals surface area contributed by atoms with Crippen molar-refractivity contribution in [1.29, 1.82) is 0 Å². The van der Waals surface area contributed by atoms with E-state index in [1.54, 1.807) is 7.05 Å². The van der Waals surface area contributed by atoms with E-state index in [0.717, 1.165) is 0 Å². The van der Waals surface area contributed by atoms with Crippen LogP contribution < -0.4 is 5.32 Å². The van der Waals surface area contributed by atoms with E-state index in [2.05, 4.69) is 17.2 Å². The summed E-state index contributed by atoms with van der Waals surface area (Å²) in [7, 11) is 1.79. The number of carbonyl (C=O) groups excluding carboxylic acids is 1. The fraction of sp³-hybridized carbons (Fsp3) is 0.750. The fourth-order valence-corrected chi connectivity index (χ4v) is 0.750. The van der Waals surface area contributed by atoms with Gasteiger partial charge in [-0.15, -0.1) is 0 Å². The van der Waals surface area contributed by atoms with Crippen LogP contribution in [-0.4, -0.2) is 18.4 Å². The second-order valence-electron chi connectivity index (χ2n) is 5.03. The van der Waals surface area contributed by atoms with Crippen LogP contribution in [0, 0.1) is 17.3 Å². The van der Waals surface area contributed by atoms with Gasteiger partial charge in [-0.05, 0) is 41.7 Å². The van der Waals surface area contributed by atoms with Crippen molar-refractivity contribution in [2.45, 2.75) is 46.6 Å². The SMILES string of the molecule is CNC(C)(C)C(=O)CC#CC(C)(C)C. The predicted molar refractivity (Wildman–Crippen MR) is 60.0 cm³/mol. The molecule has 1 N–H and O–H groups in total. The van der Waals surface area contributed by atoms with Crippen molar-refractivity contribution in [3.63, 3.8) is 0 Å². The highest BCUT2D eigenvalue weighted by Gasteiger charge is 2.23. The number of nitrogens with one attached hydrogen (secondary N) is 1. The van der Waals surface area contributed by atoms with Crippen molar-refractivity contribution in [3.05, 3.63) is 0 Å². The van der Waals surface area contributed by atoms with E-state index in [9.17, 15) is 4.79 Å². The Morgan fingerprint density at radius 3 is 2.07 bits per heavy atom. The maximum atomic E-state index is 11.6. The molecule has 2 nitrogen and oxygen atoms in total. The first-order chi connectivity index (χ1) is 6.19. The molecule has 0 bridgehead atoms. The first-order valence-electron chi connectivity index (χ1n) is 4.91. The molecular weight excluding hydrogens is 174 g/mol. The zero-order valence-corrected chi connectivity index (χ0v) is 10.1. The van der Waals surface area contributed by atoms with E-state index in [-0.39, 0.29) is 11.2 Å². The van der Waals surface area contributed by atoms with Crippen LogP contribution in [0.25, 0.3) is 0 Å². The Labute approximate surface area is 87.5 Å². The highest BCUT2D eigenvalue weighted by atomic mass is 16.1. The predicted octanol–water partition coefficient (Wildman–Crippen LogP) is 1.99. The highest BCUT2D eigenvalue weighted by molar-refractivity contribution is 5.89. The third kappa shape index (κ3) is 5.04. The fourth-order valence-electron chi connectivity index (χ4n) is 0.750. The van der Waals surface area contributed by atoms with Gasteiger partial charge in [0.2, 0.25) is 0 Å². The lowest BCUT2D eigenvalue weighted by Crippen LogP contribution is -2.44. The highest BCUT2D eigenvalue weighted by Crippen LogP contribution is 2.11. The molecular formula is C12H21NO. The van der Waals surface area contributed by atoms with Crippen molar-refractivity contribution in [2.75, 3.05) is 7.05 Å². The summed E-state index contributed by atoms with van der Waals surface area (Å²) < 4.78 is 0. The van der Waals surface area contributed by atoms with E-state index >= 15 is 0 Å². The van der Waals surface area contributed by atoms with Gasteiger partial charge in [0.25, 0.3) is 0 Å². The minimum Gasteiger partial charge on any atom is -0.308 e. The topological polar surface area (TPSA) is 29.1 Å². The quantitative estimate of drug-likeness (QED) is 0.698. The maximum absolute atomic E-state index is 11.6. The van der Waals surface area contributed by atoms with Crippen LogP contribution in [0.4, 0.5) is 0 Å². The lowest BCUT2D eigenvalue weighted by molar-refractivity contribution is -0.123. The van der Waals surface area contributed by atoms with Gasteiger partial charge in [-0.1, -0.05) is 11.8 Å². The average Bonchev–Trinajstić information content (AvgIpc) is 2.02. The molecule has 0 aliphatic rings. The zero-order chi connectivity index (χ0) is 11.4. The number of carbonyl (C=O) groups is 1. The van der Waals surface area contributed by atoms with Crippen molar-refractivity contribution < 1.29 is 4.79 Å². The largest absolute Gasteiger partial charge is 0.308 e. The van der Waals surface area contributed by atoms with Crippen LogP contribution in [0.1, 0.15) is 41.0 Å². The molecule has 0 heterocycles. The Balaban J connectivity index is 4.28. The van der Waals surface area contributed by atoms with Gasteiger partial charge in [0.1, 0.15) is 0 Å². The molecule has 2 heteroatoms. The van der Waals surface area contributed by atoms with Gasteiger partial charge in [-0.2, -0.15) is 0 Å². The summed E-state index contributed by atoms with van der Waals surface area (Å²) in [5.74, 6) is 6.11. The molecule has 0 aliphatic heterocycles. The summed E-state index contributed by atoms with van der Waals surface area (Å²) in [4.78, 5) is 11.6. The van der Waals surface area contributed by atoms with E-state index < -0.39 is 5.54 Å². The molecule has 0 aromatic rings. The Bertz CT molecular complexity index is 260. The second-order valence-corrected chi connectivity index (χ2v) is 5.03. The molecule has 0 unspecified atom stereocenters. The minimum absolute atomic E-state index is 0.0237. The first kappa shape index (κ1) is 13.2. The van der Waals surface area contributed by atoms with Crippen LogP contribution in [0.3, 0.4) is 0 Å². The molecule has 0 fully saturated rings. The van der Waals surface area contributed by atoms with Crippen molar-refractivity contribution in [1.82, 2.24) is 5.32 Å². The molecule has 0 amide bonds. The average molecular weight is 195 g/mol. The van der Waals surface area contributed by atoms with Gasteiger partial charge >= 0.3 is 0 Å². The monoisotopic (exact) mass is 195 g/mol. The zero-order valence-electron chi connectivity index (χ0n) is 10.1. The molecule has 0 aromatic heterocycles. The Morgan fingerprint density at radius 1 is 1.21 bits per heavy atom. The van der Waals surface area contributed by atoms with Gasteiger partial charge < -0.3 is 5.32 Å². The normalized spacial score (nSPS) is 11.9. The van der Waals surface area contributed by atoms with Gasteiger partial charge in [-0.25, -0.2) is 0 Å². The van der Waals surface area contributed by atoms with E-state index in [1.165, 1.54) is 0 Å². The Kier molecular flexibility index (Phi) is 4.35. The number of Topliss-reactive ketones (excluding diaryl/α,β-unsaturated/α-hetero) is 1. The third-order valence-corrected chi connectivity index (χ3v) is 2.03. The summed E-state index contributed by atoms with van der Waals surface area (Å²) in [5, 5.41) is 2.97. The third-order valence-electron chi connectivity index (χ3n) is 2.03. The van der Waals surface area contributed by atoms with Crippen LogP contribution >= 0.6 is 0 Å². The Hall–Kier alpha value is -0.810. The number of ketones is 1. The van der Waals surface area contributed by atoms with Crippen molar-refractivity contribution in [2.24, 2.45) is 5.41 Å². The molecule has 0 saturated carbocycles. The molecule has 0 saturated heterocycles. The molecule has 0 radical (unpaired) electrons. The molecule has 14 heavy (non-hydrogen) atoms. The van der Waals surface area contributed by atoms with Gasteiger partial charge in [-0.3, -0.25) is 4.79 Å². The van der Waals surface area contributed by atoms with Crippen molar-refractivity contribution >= 4 is 5.78 Å². The lowest BCUT2D eigenvalue weighted by Gasteiger charge is -2.20. The number of hydrogen-bond donors (Lipinski definition) is 1. The molecule has 0 aliphatic carbocycles. The summed E-state index contributed by atoms with van der Waals surface area (Å²) in [5.41, 5.74) is -0.489. The van der Waals surface area contributed by atoms with Crippen LogP contribution in [0.2, 0.25) is 0 Å². The van der Waals surface area contributed by atoms with E-state index in [4.69, 9.17) is 0 Å². The van der Waals surface area contributed by atoms with Crippen LogP contribution in [-0.2, 0) is 4.79 Å². The second kappa shape index (κ2) is 4.61. The van der Waals surface area contributed by atoms with Gasteiger partial charge in [0.15, 0.2) is 5.78 Å². The maximum Gasteiger partial charge on any atom is 0.164 e. The van der Waals surface area contributed by atoms with E-state index in [0.29, 0.717) is 6.42 Å². The van der Waals surface area contributed by atoms with Gasteiger partial charge in [0, 0.05) is 5.41 Å². The molecule has 0 atom stereocenters. The summed E-state index contributed by atoms with van der Waals surface area (Å²) in [6, 6.07) is 0. The molecule has 0 aromatic carbocycles. The molecule has 0 spiro atoms. The van der Waals surface area contributed by atoms with Crippen LogP contribution in [0.15, 0.2) is 0 Å². The van der Waals surface area contributed by atoms with Crippen molar-refractivity contribution in [3.8, 4) is 11.8 Å². The summed E-state index contributed by atoms with van der Waals surface area (Å²) in [6.45, 7) is 9.84. The number of likely N-dealkylation sites (N-methyl/N-ethyl adjacent to an activating group) is 1.